The highest BCUT2D eigenvalue weighted by atomic mass is 16.5. The first-order chi connectivity index (χ1) is 11.9. The number of rotatable bonds is 2. The molecule has 0 aliphatic carbocycles. The molecule has 0 unspecified atom stereocenters. The van der Waals surface area contributed by atoms with Crippen LogP contribution in [0.15, 0.2) is 54.9 Å². The molecule has 0 spiro atoms. The molecule has 4 rings (SSSR count). The Balaban J connectivity index is 1.73. The van der Waals surface area contributed by atoms with Crippen LogP contribution in [-0.2, 0) is 4.65 Å². The summed E-state index contributed by atoms with van der Waals surface area (Å²) in [5.41, 5.74) is 4.31. The Morgan fingerprint density at radius 1 is 0.960 bits per heavy atom. The topological polar surface area (TPSA) is 35.0 Å². The first-order valence-corrected chi connectivity index (χ1v) is 8.85. The highest BCUT2D eigenvalue weighted by molar-refractivity contribution is 6.68. The van der Waals surface area contributed by atoms with E-state index in [0.717, 1.165) is 28.5 Å². The zero-order valence-corrected chi connectivity index (χ0v) is 15.3. The van der Waals surface area contributed by atoms with Crippen molar-refractivity contribution in [2.75, 3.05) is 0 Å². The van der Waals surface area contributed by atoms with Crippen molar-refractivity contribution in [3.63, 3.8) is 0 Å². The van der Waals surface area contributed by atoms with Gasteiger partial charge in [-0.15, -0.1) is 0 Å². The SMILES string of the molecule is CC1(C)CB(c2ccc3ccc(-c4ccncc4)nc3c2)OC1(C)C. The monoisotopic (exact) mass is 330 g/mol. The second kappa shape index (κ2) is 5.67. The van der Waals surface area contributed by atoms with E-state index in [1.807, 2.05) is 12.1 Å². The van der Waals surface area contributed by atoms with Crippen LogP contribution in [0.5, 0.6) is 0 Å². The first-order valence-electron chi connectivity index (χ1n) is 8.85. The van der Waals surface area contributed by atoms with Crippen LogP contribution < -0.4 is 5.46 Å². The molecule has 4 heteroatoms. The lowest BCUT2D eigenvalue weighted by molar-refractivity contribution is 0.0375. The third kappa shape index (κ3) is 2.85. The maximum atomic E-state index is 6.38. The minimum atomic E-state index is -0.126. The average Bonchev–Trinajstić information content (AvgIpc) is 2.82. The number of hydrogen-bond acceptors (Lipinski definition) is 3. The summed E-state index contributed by atoms with van der Waals surface area (Å²) in [7, 11) is 0. The van der Waals surface area contributed by atoms with E-state index in [1.165, 1.54) is 5.46 Å². The van der Waals surface area contributed by atoms with Crippen LogP contribution in [0, 0.1) is 5.41 Å². The van der Waals surface area contributed by atoms with Crippen molar-refractivity contribution in [1.29, 1.82) is 0 Å². The maximum absolute atomic E-state index is 6.38. The van der Waals surface area contributed by atoms with Crippen molar-refractivity contribution in [3.8, 4) is 11.3 Å². The number of fused-ring (bicyclic) bond motifs is 1. The van der Waals surface area contributed by atoms with Gasteiger partial charge in [-0.05, 0) is 55.3 Å². The summed E-state index contributed by atoms with van der Waals surface area (Å²) < 4.78 is 6.38. The van der Waals surface area contributed by atoms with E-state index in [2.05, 4.69) is 63.0 Å². The van der Waals surface area contributed by atoms with E-state index in [0.29, 0.717) is 0 Å². The van der Waals surface area contributed by atoms with Gasteiger partial charge in [0.15, 0.2) is 0 Å². The standard InChI is InChI=1S/C21H23BN2O/c1-20(2)14-22(25-21(20,3)4)17-7-5-15-6-8-18(24-19(15)13-17)16-9-11-23-12-10-16/h5-13H,14H2,1-4H3. The van der Waals surface area contributed by atoms with E-state index < -0.39 is 0 Å². The second-order valence-corrected chi connectivity index (χ2v) is 8.09. The zero-order valence-electron chi connectivity index (χ0n) is 15.3. The molecule has 1 saturated heterocycles. The van der Waals surface area contributed by atoms with E-state index in [1.54, 1.807) is 12.4 Å². The van der Waals surface area contributed by atoms with E-state index in [4.69, 9.17) is 9.64 Å². The number of hydrogen-bond donors (Lipinski definition) is 0. The van der Waals surface area contributed by atoms with Crippen LogP contribution in [0.1, 0.15) is 27.7 Å². The summed E-state index contributed by atoms with van der Waals surface area (Å²) in [6.45, 7) is 9.07. The summed E-state index contributed by atoms with van der Waals surface area (Å²) in [5, 5.41) is 1.15. The normalized spacial score (nSPS) is 18.6. The van der Waals surface area contributed by atoms with Gasteiger partial charge in [0, 0.05) is 23.3 Å². The maximum Gasteiger partial charge on any atom is 0.328 e. The smallest absolute Gasteiger partial charge is 0.328 e. The van der Waals surface area contributed by atoms with Crippen LogP contribution in [0.4, 0.5) is 0 Å². The summed E-state index contributed by atoms with van der Waals surface area (Å²) in [4.78, 5) is 8.95. The quantitative estimate of drug-likeness (QED) is 0.656. The van der Waals surface area contributed by atoms with Gasteiger partial charge >= 0.3 is 6.92 Å². The van der Waals surface area contributed by atoms with E-state index in [9.17, 15) is 0 Å². The van der Waals surface area contributed by atoms with Gasteiger partial charge < -0.3 is 4.65 Å². The van der Waals surface area contributed by atoms with Gasteiger partial charge in [0.2, 0.25) is 0 Å². The summed E-state index contributed by atoms with van der Waals surface area (Å²) in [6, 6.07) is 14.7. The Labute approximate surface area is 149 Å². The Morgan fingerprint density at radius 2 is 1.68 bits per heavy atom. The molecule has 1 aromatic carbocycles. The lowest BCUT2D eigenvalue weighted by Gasteiger charge is -2.34. The van der Waals surface area contributed by atoms with Gasteiger partial charge in [-0.25, -0.2) is 4.98 Å². The molecule has 0 atom stereocenters. The number of aromatic nitrogens is 2. The van der Waals surface area contributed by atoms with Crippen molar-refractivity contribution in [2.24, 2.45) is 5.41 Å². The number of nitrogens with zero attached hydrogens (tertiary/aromatic N) is 2. The van der Waals surface area contributed by atoms with E-state index >= 15 is 0 Å². The van der Waals surface area contributed by atoms with E-state index in [-0.39, 0.29) is 17.9 Å². The summed E-state index contributed by atoms with van der Waals surface area (Å²) in [5.74, 6) is 0. The highest BCUT2D eigenvalue weighted by Gasteiger charge is 2.49. The average molecular weight is 330 g/mol. The van der Waals surface area contributed by atoms with Crippen LogP contribution >= 0.6 is 0 Å². The minimum Gasteiger partial charge on any atom is -0.426 e. The Bertz CT molecular complexity index is 906. The Hall–Kier alpha value is -2.20. The molecule has 0 bridgehead atoms. The third-order valence-corrected chi connectivity index (χ3v) is 5.83. The molecular formula is C21H23BN2O. The molecule has 3 nitrogen and oxygen atoms in total. The van der Waals surface area contributed by atoms with Gasteiger partial charge in [0.25, 0.3) is 0 Å². The van der Waals surface area contributed by atoms with Gasteiger partial charge in [-0.3, -0.25) is 4.98 Å². The number of pyridine rings is 2. The first kappa shape index (κ1) is 16.3. The molecule has 126 valence electrons. The molecule has 3 aromatic rings. The lowest BCUT2D eigenvalue weighted by Crippen LogP contribution is -2.36. The summed E-state index contributed by atoms with van der Waals surface area (Å²) in [6.07, 6.45) is 4.62. The molecule has 1 aliphatic rings. The van der Waals surface area contributed by atoms with Crippen molar-refractivity contribution < 1.29 is 4.65 Å². The molecule has 1 fully saturated rings. The predicted octanol–water partition coefficient (Wildman–Crippen LogP) is 4.33. The second-order valence-electron chi connectivity index (χ2n) is 8.09. The molecule has 0 radical (unpaired) electrons. The fourth-order valence-electron chi connectivity index (χ4n) is 3.47. The molecule has 25 heavy (non-hydrogen) atoms. The highest BCUT2D eigenvalue weighted by Crippen LogP contribution is 2.45. The fourth-order valence-corrected chi connectivity index (χ4v) is 3.47. The largest absolute Gasteiger partial charge is 0.426 e. The zero-order chi connectivity index (χ0) is 17.7. The predicted molar refractivity (Wildman–Crippen MR) is 104 cm³/mol. The van der Waals surface area contributed by atoms with Gasteiger partial charge in [0.05, 0.1) is 16.8 Å². The van der Waals surface area contributed by atoms with Crippen molar-refractivity contribution in [3.05, 3.63) is 54.9 Å². The Morgan fingerprint density at radius 3 is 2.36 bits per heavy atom. The van der Waals surface area contributed by atoms with Gasteiger partial charge in [-0.1, -0.05) is 32.0 Å². The summed E-state index contributed by atoms with van der Waals surface area (Å²) >= 11 is 0. The van der Waals surface area contributed by atoms with Crippen molar-refractivity contribution in [1.82, 2.24) is 9.97 Å². The van der Waals surface area contributed by atoms with Crippen LogP contribution in [0.3, 0.4) is 0 Å². The number of benzene rings is 1. The lowest BCUT2D eigenvalue weighted by atomic mass is 9.54. The fraction of sp³-hybridized carbons (Fsp3) is 0.333. The van der Waals surface area contributed by atoms with Crippen LogP contribution in [-0.4, -0.2) is 22.5 Å². The Kier molecular flexibility index (Phi) is 3.69. The van der Waals surface area contributed by atoms with Gasteiger partial charge in [0.1, 0.15) is 0 Å². The van der Waals surface area contributed by atoms with Crippen LogP contribution in [0.25, 0.3) is 22.2 Å². The molecule has 1 aliphatic heterocycles. The van der Waals surface area contributed by atoms with Crippen molar-refractivity contribution >= 4 is 23.3 Å². The minimum absolute atomic E-state index is 0.126. The van der Waals surface area contributed by atoms with Crippen molar-refractivity contribution in [2.45, 2.75) is 39.6 Å². The molecule has 2 aromatic heterocycles. The molecular weight excluding hydrogens is 307 g/mol. The molecule has 0 amide bonds. The molecule has 3 heterocycles. The van der Waals surface area contributed by atoms with Crippen LogP contribution in [0.2, 0.25) is 6.32 Å². The van der Waals surface area contributed by atoms with Gasteiger partial charge in [-0.2, -0.15) is 0 Å². The molecule has 0 N–H and O–H groups in total. The third-order valence-electron chi connectivity index (χ3n) is 5.83. The molecule has 0 saturated carbocycles.